The zero-order chi connectivity index (χ0) is 3.41. The molecule has 0 aliphatic rings. The van der Waals surface area contributed by atoms with Crippen LogP contribution in [-0.4, -0.2) is 6.30 Å². The Morgan fingerprint density at radius 3 is 2.25 bits per heavy atom. The second-order valence-electron chi connectivity index (χ2n) is 0.231. The van der Waals surface area contributed by atoms with E-state index in [2.05, 4.69) is 18.5 Å². The Balaban J connectivity index is 3.11. The summed E-state index contributed by atoms with van der Waals surface area (Å²) in [6.45, 7) is 0. The monoisotopic (exact) mass is 109 g/mol. The Kier molecular flexibility index (Phi) is 4.89. The van der Waals surface area contributed by atoms with Crippen molar-refractivity contribution in [2.24, 2.45) is 0 Å². The second-order valence-corrected chi connectivity index (χ2v) is 3.69. The van der Waals surface area contributed by atoms with Crippen LogP contribution in [0.25, 0.3) is 0 Å². The van der Waals surface area contributed by atoms with Crippen LogP contribution in [-0.2, 0) is 0 Å². The Bertz CT molecular complexity index is 44.0. The van der Waals surface area contributed by atoms with Crippen molar-refractivity contribution in [2.45, 2.75) is 0 Å². The molecule has 0 aliphatic heterocycles. The van der Waals surface area contributed by atoms with Crippen LogP contribution in [0.15, 0.2) is 0 Å². The van der Waals surface area contributed by atoms with Crippen molar-refractivity contribution in [3.05, 3.63) is 0 Å². The summed E-state index contributed by atoms with van der Waals surface area (Å²) >= 11 is 3.82. The Morgan fingerprint density at radius 1 is 2.00 bits per heavy atom. The van der Waals surface area contributed by atoms with Gasteiger partial charge in [0, 0.05) is 0 Å². The first-order valence-corrected chi connectivity index (χ1v) is 4.55. The average Bonchev–Trinajstić information content (AvgIpc) is 1.37. The first kappa shape index (κ1) is 4.95. The van der Waals surface area contributed by atoms with Gasteiger partial charge < -0.3 is 0 Å². The third kappa shape index (κ3) is 2.95. The fraction of sp³-hybridized carbons (Fsp3) is 0. The van der Waals surface area contributed by atoms with Gasteiger partial charge in [-0.3, -0.25) is 0 Å². The van der Waals surface area contributed by atoms with Crippen LogP contribution in [0.3, 0.4) is 0 Å². The van der Waals surface area contributed by atoms with Crippen LogP contribution in [0.1, 0.15) is 0 Å². The van der Waals surface area contributed by atoms with Crippen LogP contribution in [0.5, 0.6) is 0 Å². The van der Waals surface area contributed by atoms with Gasteiger partial charge in [0.05, 0.1) is 0 Å². The van der Waals surface area contributed by atoms with Crippen molar-refractivity contribution in [3.63, 3.8) is 0 Å². The molecule has 0 saturated carbocycles. The van der Waals surface area contributed by atoms with E-state index < -0.39 is 0 Å². The average molecular weight is 109 g/mol. The molecule has 22 valence electrons. The van der Waals surface area contributed by atoms with Crippen LogP contribution < -0.4 is 0 Å². The van der Waals surface area contributed by atoms with Gasteiger partial charge in [-0.05, 0) is 0 Å². The molecule has 0 aromatic carbocycles. The van der Waals surface area contributed by atoms with Crippen LogP contribution >= 0.6 is 26.8 Å². The molecule has 0 spiro atoms. The fourth-order valence-electron chi connectivity index (χ4n) is 0. The van der Waals surface area contributed by atoms with Gasteiger partial charge in [0.1, 0.15) is 0 Å². The Labute approximate surface area is 33.8 Å². The van der Waals surface area contributed by atoms with E-state index in [1.54, 1.807) is 0 Å². The molecule has 0 nitrogen and oxygen atoms in total. The summed E-state index contributed by atoms with van der Waals surface area (Å²) < 4.78 is 0. The summed E-state index contributed by atoms with van der Waals surface area (Å²) in [6, 6.07) is 0. The van der Waals surface area contributed by atoms with Gasteiger partial charge in [-0.1, -0.05) is 0 Å². The minimum atomic E-state index is 1.05. The topological polar surface area (TPSA) is 0 Å². The molecule has 0 saturated heterocycles. The molecule has 0 aromatic rings. The summed E-state index contributed by atoms with van der Waals surface area (Å²) in [7, 11) is 2.14. The van der Waals surface area contributed by atoms with E-state index in [4.69, 9.17) is 0 Å². The number of hydrogen-bond acceptors (Lipinski definition) is 0. The first-order valence-electron chi connectivity index (χ1n) is 0.716. The van der Waals surface area contributed by atoms with E-state index in [0.717, 1.165) is 14.6 Å². The molecule has 0 unspecified atom stereocenters. The normalized spacial score (nSPS) is 7.25. The van der Waals surface area contributed by atoms with E-state index in [0.29, 0.717) is 0 Å². The van der Waals surface area contributed by atoms with E-state index in [-0.39, 0.29) is 0 Å². The second kappa shape index (κ2) is 3.95. The summed E-state index contributed by atoms with van der Waals surface area (Å²) in [5.74, 6) is 0. The molecular formula is CH3P2S+. The molecule has 4 heavy (non-hydrogen) atoms. The molecule has 0 rings (SSSR count). The Morgan fingerprint density at radius 2 is 2.25 bits per heavy atom. The summed E-state index contributed by atoms with van der Waals surface area (Å²) in [6.07, 6.45) is 3.49. The standard InChI is InChI=1S/CH3P2S/c1-2-3-4/h4H,1H2/q+1. The van der Waals surface area contributed by atoms with Gasteiger partial charge in [0.25, 0.3) is 0 Å². The molecule has 0 bridgehead atoms. The van der Waals surface area contributed by atoms with Crippen molar-refractivity contribution < 1.29 is 0 Å². The van der Waals surface area contributed by atoms with E-state index >= 15 is 0 Å². The summed E-state index contributed by atoms with van der Waals surface area (Å²) in [5, 5.41) is 0. The summed E-state index contributed by atoms with van der Waals surface area (Å²) in [5.41, 5.74) is 0. The third-order valence-corrected chi connectivity index (χ3v) is 1.71. The molecule has 0 radical (unpaired) electrons. The number of rotatable bonds is 0. The SMILES string of the molecule is C=[P+]=PS. The van der Waals surface area contributed by atoms with E-state index in [1.165, 1.54) is 0 Å². The van der Waals surface area contributed by atoms with Crippen molar-refractivity contribution >= 4 is 33.1 Å². The van der Waals surface area contributed by atoms with Gasteiger partial charge in [-0.15, -0.1) is 0 Å². The predicted octanol–water partition coefficient (Wildman–Crippen LogP) is 2.07. The molecule has 0 N–H and O–H groups in total. The van der Waals surface area contributed by atoms with Gasteiger partial charge in [-0.25, -0.2) is 0 Å². The molecular weight excluding hydrogens is 106 g/mol. The third-order valence-electron chi connectivity index (χ3n) is 0.0632. The predicted molar refractivity (Wildman–Crippen MR) is 29.9 cm³/mol. The molecule has 0 heterocycles. The van der Waals surface area contributed by atoms with Crippen LogP contribution in [0.2, 0.25) is 0 Å². The van der Waals surface area contributed by atoms with Gasteiger partial charge in [-0.2, -0.15) is 0 Å². The van der Waals surface area contributed by atoms with Crippen molar-refractivity contribution in [1.29, 1.82) is 0 Å². The van der Waals surface area contributed by atoms with Gasteiger partial charge in [0.2, 0.25) is 0 Å². The quantitative estimate of drug-likeness (QED) is 0.357. The zero-order valence-electron chi connectivity index (χ0n) is 2.05. The summed E-state index contributed by atoms with van der Waals surface area (Å²) in [4.78, 5) is 0. The molecule has 0 atom stereocenters. The number of thiol groups is 1. The maximum atomic E-state index is 3.82. The van der Waals surface area contributed by atoms with Crippen molar-refractivity contribution in [3.8, 4) is 0 Å². The minimum absolute atomic E-state index is 1.05. The van der Waals surface area contributed by atoms with E-state index in [1.807, 2.05) is 0 Å². The van der Waals surface area contributed by atoms with Crippen LogP contribution in [0, 0.1) is 0 Å². The maximum absolute atomic E-state index is 3.82. The van der Waals surface area contributed by atoms with Gasteiger partial charge >= 0.3 is 33.1 Å². The molecule has 0 aromatic heterocycles. The fourth-order valence-corrected chi connectivity index (χ4v) is 0. The first-order chi connectivity index (χ1) is 1.91. The Hall–Kier alpha value is 0.950. The molecule has 3 heteroatoms. The van der Waals surface area contributed by atoms with E-state index in [9.17, 15) is 0 Å². The van der Waals surface area contributed by atoms with Crippen molar-refractivity contribution in [2.75, 3.05) is 0 Å². The van der Waals surface area contributed by atoms with Crippen molar-refractivity contribution in [1.82, 2.24) is 0 Å². The van der Waals surface area contributed by atoms with Crippen LogP contribution in [0.4, 0.5) is 0 Å². The molecule has 0 aliphatic carbocycles. The number of hydrogen-bond donors (Lipinski definition) is 1. The zero-order valence-corrected chi connectivity index (χ0v) is 4.73. The van der Waals surface area contributed by atoms with Gasteiger partial charge in [0.15, 0.2) is 0 Å². The molecule has 0 amide bonds. The molecule has 0 fully saturated rings.